The molecular formula is C41H58. The summed E-state index contributed by atoms with van der Waals surface area (Å²) in [6.45, 7) is 42.3. The molecule has 0 N–H and O–H groups in total. The summed E-state index contributed by atoms with van der Waals surface area (Å²) in [6.07, 6.45) is 10.5. The van der Waals surface area contributed by atoms with Crippen molar-refractivity contribution in [2.24, 2.45) is 16.2 Å². The molecule has 1 aromatic carbocycles. The first-order chi connectivity index (χ1) is 19.0. The van der Waals surface area contributed by atoms with Crippen molar-refractivity contribution >= 4 is 5.57 Å². The standard InChI is InChI=1S/C41H58/c1-15-16-17-18-27(6)19-20-33-21-34(25(2)3)35-23-39(12)24-40(13)22-28(7)36(26(4)5)31(10)41(40,14)32(11)38(39)30(9)37(35)29(33)8/h21,25H,4,6,9-10,15-20,22-24H2,1-3,5,7-8,11-14H3/t39-,40+,41-/m1/s1. The van der Waals surface area contributed by atoms with E-state index in [9.17, 15) is 0 Å². The van der Waals surface area contributed by atoms with Crippen LogP contribution in [0.3, 0.4) is 0 Å². The Morgan fingerprint density at radius 2 is 1.63 bits per heavy atom. The van der Waals surface area contributed by atoms with Crippen molar-refractivity contribution in [1.29, 1.82) is 0 Å². The molecule has 3 aliphatic rings. The van der Waals surface area contributed by atoms with Crippen LogP contribution in [0.5, 0.6) is 0 Å². The Kier molecular flexibility index (Phi) is 8.52. The van der Waals surface area contributed by atoms with E-state index in [1.807, 2.05) is 0 Å². The maximum absolute atomic E-state index is 4.93. The Morgan fingerprint density at radius 1 is 0.976 bits per heavy atom. The molecule has 0 spiro atoms. The lowest BCUT2D eigenvalue weighted by atomic mass is 9.41. The van der Waals surface area contributed by atoms with Crippen LogP contribution < -0.4 is 0 Å². The highest BCUT2D eigenvalue weighted by atomic mass is 14.6. The molecule has 3 atom stereocenters. The Bertz CT molecular complexity index is 1380. The maximum Gasteiger partial charge on any atom is 0.0194 e. The molecule has 41 heavy (non-hydrogen) atoms. The second-order valence-electron chi connectivity index (χ2n) is 15.1. The van der Waals surface area contributed by atoms with Crippen LogP contribution in [0.15, 0.2) is 71.4 Å². The van der Waals surface area contributed by atoms with Gasteiger partial charge in [-0.15, -0.1) is 0 Å². The lowest BCUT2D eigenvalue weighted by molar-refractivity contribution is 0.0543. The Morgan fingerprint density at radius 3 is 2.22 bits per heavy atom. The van der Waals surface area contributed by atoms with Gasteiger partial charge in [0.25, 0.3) is 0 Å². The molecule has 1 aromatic rings. The normalized spacial score (nSPS) is 27.7. The van der Waals surface area contributed by atoms with Crippen molar-refractivity contribution < 1.29 is 0 Å². The second-order valence-corrected chi connectivity index (χ2v) is 15.1. The number of rotatable bonds is 9. The molecule has 0 aliphatic heterocycles. The van der Waals surface area contributed by atoms with Crippen LogP contribution in [0.1, 0.15) is 141 Å². The SMILES string of the molecule is C=C(CCCCC)CCc1cc(C(C)C)c2c(c1C)C(=C)C1=C(C)[C@@]3(C)C(=C)C(C(=C)C)=C(C)C[C@@]3(C)C[C@@]1(C)C2. The van der Waals surface area contributed by atoms with Gasteiger partial charge in [0.05, 0.1) is 0 Å². The van der Waals surface area contributed by atoms with Gasteiger partial charge in [0, 0.05) is 5.41 Å². The largest absolute Gasteiger partial charge is 0.0999 e. The number of benzene rings is 1. The summed E-state index contributed by atoms with van der Waals surface area (Å²) in [5, 5.41) is 0. The van der Waals surface area contributed by atoms with Crippen LogP contribution in [-0.2, 0) is 12.8 Å². The van der Waals surface area contributed by atoms with E-state index in [-0.39, 0.29) is 16.2 Å². The molecule has 0 heterocycles. The molecule has 3 aliphatic carbocycles. The predicted octanol–water partition coefficient (Wildman–Crippen LogP) is 12.3. The average molecular weight is 551 g/mol. The maximum atomic E-state index is 4.93. The van der Waals surface area contributed by atoms with Gasteiger partial charge in [0.2, 0.25) is 0 Å². The topological polar surface area (TPSA) is 0 Å². The summed E-state index contributed by atoms with van der Waals surface area (Å²) in [6, 6.07) is 2.56. The van der Waals surface area contributed by atoms with Gasteiger partial charge in [-0.2, -0.15) is 0 Å². The highest BCUT2D eigenvalue weighted by Crippen LogP contribution is 2.70. The van der Waals surface area contributed by atoms with Crippen LogP contribution in [0.4, 0.5) is 0 Å². The van der Waals surface area contributed by atoms with Gasteiger partial charge in [-0.05, 0) is 139 Å². The highest BCUT2D eigenvalue weighted by Gasteiger charge is 2.59. The molecule has 0 aromatic heterocycles. The first kappa shape index (κ1) is 31.6. The number of fused-ring (bicyclic) bond motifs is 3. The van der Waals surface area contributed by atoms with Gasteiger partial charge < -0.3 is 0 Å². The van der Waals surface area contributed by atoms with Gasteiger partial charge in [-0.1, -0.05) is 109 Å². The molecule has 0 nitrogen and oxygen atoms in total. The van der Waals surface area contributed by atoms with Crippen LogP contribution in [-0.4, -0.2) is 0 Å². The zero-order valence-electron chi connectivity index (χ0n) is 28.3. The molecule has 0 saturated carbocycles. The molecule has 0 amide bonds. The number of allylic oxidation sites excluding steroid dienone is 8. The van der Waals surface area contributed by atoms with Crippen molar-refractivity contribution in [1.82, 2.24) is 0 Å². The van der Waals surface area contributed by atoms with Crippen LogP contribution >= 0.6 is 0 Å². The van der Waals surface area contributed by atoms with Crippen molar-refractivity contribution in [3.05, 3.63) is 99.2 Å². The first-order valence-electron chi connectivity index (χ1n) is 16.3. The molecule has 222 valence electrons. The fraction of sp³-hybridized carbons (Fsp3) is 0.561. The minimum absolute atomic E-state index is 0.0644. The highest BCUT2D eigenvalue weighted by molar-refractivity contribution is 5.87. The molecule has 0 bridgehead atoms. The van der Waals surface area contributed by atoms with Gasteiger partial charge in [-0.3, -0.25) is 0 Å². The third kappa shape index (κ3) is 4.92. The fourth-order valence-corrected chi connectivity index (χ4v) is 9.52. The van der Waals surface area contributed by atoms with E-state index in [1.165, 1.54) is 80.5 Å². The number of unbranched alkanes of at least 4 members (excludes halogenated alkanes) is 2. The number of aryl methyl sites for hydroxylation is 1. The van der Waals surface area contributed by atoms with Crippen molar-refractivity contribution in [3.8, 4) is 0 Å². The fourth-order valence-electron chi connectivity index (χ4n) is 9.52. The summed E-state index contributed by atoms with van der Waals surface area (Å²) < 4.78 is 0. The molecular weight excluding hydrogens is 492 g/mol. The lowest BCUT2D eigenvalue weighted by Crippen LogP contribution is -2.52. The van der Waals surface area contributed by atoms with Crippen molar-refractivity contribution in [3.63, 3.8) is 0 Å². The van der Waals surface area contributed by atoms with Gasteiger partial charge in [-0.25, -0.2) is 0 Å². The summed E-state index contributed by atoms with van der Waals surface area (Å²) in [5.74, 6) is 0.487. The average Bonchev–Trinajstić information content (AvgIpc) is 2.85. The Balaban J connectivity index is 1.86. The van der Waals surface area contributed by atoms with E-state index in [4.69, 9.17) is 13.2 Å². The second kappa shape index (κ2) is 11.1. The number of hydrogen-bond donors (Lipinski definition) is 0. The smallest absolute Gasteiger partial charge is 0.0194 e. The third-order valence-corrected chi connectivity index (χ3v) is 11.6. The summed E-state index contributed by atoms with van der Waals surface area (Å²) in [7, 11) is 0. The molecule has 0 saturated heterocycles. The van der Waals surface area contributed by atoms with E-state index in [1.54, 1.807) is 5.56 Å². The molecule has 0 heteroatoms. The monoisotopic (exact) mass is 550 g/mol. The quantitative estimate of drug-likeness (QED) is 0.212. The van der Waals surface area contributed by atoms with Crippen LogP contribution in [0.25, 0.3) is 5.57 Å². The molecule has 0 radical (unpaired) electrons. The van der Waals surface area contributed by atoms with Crippen molar-refractivity contribution in [2.75, 3.05) is 0 Å². The van der Waals surface area contributed by atoms with E-state index in [2.05, 4.69) is 88.5 Å². The van der Waals surface area contributed by atoms with Gasteiger partial charge >= 0.3 is 0 Å². The van der Waals surface area contributed by atoms with E-state index in [0.717, 1.165) is 44.1 Å². The van der Waals surface area contributed by atoms with Crippen LogP contribution in [0, 0.1) is 23.2 Å². The third-order valence-electron chi connectivity index (χ3n) is 11.6. The summed E-state index contributed by atoms with van der Waals surface area (Å²) in [5.41, 5.74) is 18.4. The molecule has 0 unspecified atom stereocenters. The van der Waals surface area contributed by atoms with E-state index < -0.39 is 0 Å². The summed E-state index contributed by atoms with van der Waals surface area (Å²) >= 11 is 0. The summed E-state index contributed by atoms with van der Waals surface area (Å²) in [4.78, 5) is 0. The van der Waals surface area contributed by atoms with Crippen LogP contribution in [0.2, 0.25) is 0 Å². The van der Waals surface area contributed by atoms with E-state index in [0.29, 0.717) is 5.92 Å². The Hall–Kier alpha value is -2.34. The predicted molar refractivity (Wildman–Crippen MR) is 183 cm³/mol. The zero-order chi connectivity index (χ0) is 30.7. The molecule has 0 fully saturated rings. The van der Waals surface area contributed by atoms with E-state index >= 15 is 0 Å². The number of hydrogen-bond acceptors (Lipinski definition) is 0. The zero-order valence-corrected chi connectivity index (χ0v) is 28.3. The minimum Gasteiger partial charge on any atom is -0.0999 e. The van der Waals surface area contributed by atoms with Gasteiger partial charge in [0.1, 0.15) is 0 Å². The molecule has 4 rings (SSSR count). The first-order valence-corrected chi connectivity index (χ1v) is 16.3. The minimum atomic E-state index is -0.112. The van der Waals surface area contributed by atoms with Gasteiger partial charge in [0.15, 0.2) is 0 Å². The lowest BCUT2D eigenvalue weighted by Gasteiger charge is -2.62. The van der Waals surface area contributed by atoms with Crippen molar-refractivity contribution in [2.45, 2.75) is 133 Å². The Labute approximate surface area is 253 Å².